The summed E-state index contributed by atoms with van der Waals surface area (Å²) in [6, 6.07) is 15.8. The highest BCUT2D eigenvalue weighted by Crippen LogP contribution is 2.36. The minimum absolute atomic E-state index is 0.000412. The van der Waals surface area contributed by atoms with Crippen molar-refractivity contribution < 1.29 is 38.2 Å². The van der Waals surface area contributed by atoms with Gasteiger partial charge in [-0.25, -0.2) is 14.6 Å². The van der Waals surface area contributed by atoms with Crippen molar-refractivity contribution in [1.82, 2.24) is 4.57 Å². The SMILES string of the molecule is C=CCc1cc(/C=c2\sc3n(c2=O)[C@@H](c2ccc(OCC(=O)OC)c(OCC)c2)C(C(=O)OCC)=C(C)N=3)ccc1OCc1ccc([N+](=O)[O-])cc1. The van der Waals surface area contributed by atoms with E-state index in [0.717, 1.165) is 16.7 Å². The first-order chi connectivity index (χ1) is 25.1. The number of thiazole rings is 1. The molecule has 0 spiro atoms. The van der Waals surface area contributed by atoms with E-state index in [4.69, 9.17) is 18.9 Å². The van der Waals surface area contributed by atoms with E-state index in [2.05, 4.69) is 16.3 Å². The zero-order valence-electron chi connectivity index (χ0n) is 29.1. The summed E-state index contributed by atoms with van der Waals surface area (Å²) in [5.41, 5.74) is 3.11. The number of carbonyl (C=O) groups is 2. The van der Waals surface area contributed by atoms with Gasteiger partial charge in [-0.15, -0.1) is 6.58 Å². The predicted molar refractivity (Wildman–Crippen MR) is 193 cm³/mol. The van der Waals surface area contributed by atoms with Crippen molar-refractivity contribution >= 4 is 35.0 Å². The van der Waals surface area contributed by atoms with E-state index >= 15 is 0 Å². The second-order valence-electron chi connectivity index (χ2n) is 11.4. The lowest BCUT2D eigenvalue weighted by atomic mass is 9.95. The van der Waals surface area contributed by atoms with Crippen molar-refractivity contribution in [3.05, 3.63) is 137 Å². The van der Waals surface area contributed by atoms with Crippen LogP contribution in [0.15, 0.2) is 94.4 Å². The Morgan fingerprint density at radius 1 is 1.00 bits per heavy atom. The summed E-state index contributed by atoms with van der Waals surface area (Å²) in [6.07, 6.45) is 3.99. The lowest BCUT2D eigenvalue weighted by molar-refractivity contribution is -0.384. The zero-order chi connectivity index (χ0) is 37.4. The first-order valence-corrected chi connectivity index (χ1v) is 17.2. The number of hydrogen-bond donors (Lipinski definition) is 0. The van der Waals surface area contributed by atoms with Crippen LogP contribution < -0.4 is 29.1 Å². The standard InChI is InChI=1S/C38H37N3O10S/c1-6-9-26-18-25(12-16-29(26)50-21-24-10-14-28(15-11-24)41(45)46)19-32-36(43)40-35(34(37(44)49-8-3)23(4)39-38(40)52-32)27-13-17-30(31(20-27)48-7-2)51-22-33(42)47-5/h6,10-20,35H,1,7-9,21-22H2,2-5H3/b32-19-/t35-/m0/s1. The molecule has 0 N–H and O–H groups in total. The van der Waals surface area contributed by atoms with Crippen LogP contribution in [0.3, 0.4) is 0 Å². The third-order valence-electron chi connectivity index (χ3n) is 7.96. The molecule has 270 valence electrons. The van der Waals surface area contributed by atoms with Crippen molar-refractivity contribution in [3.63, 3.8) is 0 Å². The number of nitro benzene ring substituents is 1. The molecule has 1 atom stereocenters. The van der Waals surface area contributed by atoms with Crippen LogP contribution in [0.4, 0.5) is 5.69 Å². The molecular weight excluding hydrogens is 690 g/mol. The minimum atomic E-state index is -0.905. The number of aromatic nitrogens is 1. The maximum Gasteiger partial charge on any atom is 0.343 e. The Balaban J connectivity index is 1.54. The van der Waals surface area contributed by atoms with Crippen LogP contribution in [0, 0.1) is 10.1 Å². The Hall–Kier alpha value is -6.02. The number of non-ortho nitro benzene ring substituents is 1. The van der Waals surface area contributed by atoms with Gasteiger partial charge in [-0.05, 0) is 91.9 Å². The Kier molecular flexibility index (Phi) is 12.0. The highest BCUT2D eigenvalue weighted by molar-refractivity contribution is 7.07. The molecule has 5 rings (SSSR count). The normalized spacial score (nSPS) is 13.8. The number of fused-ring (bicyclic) bond motifs is 1. The lowest BCUT2D eigenvalue weighted by Crippen LogP contribution is -2.40. The molecule has 0 bridgehead atoms. The Morgan fingerprint density at radius 2 is 1.75 bits per heavy atom. The summed E-state index contributed by atoms with van der Waals surface area (Å²) in [5.74, 6) is 0.0377. The van der Waals surface area contributed by atoms with Crippen LogP contribution in [0.25, 0.3) is 6.08 Å². The number of methoxy groups -OCH3 is 1. The lowest BCUT2D eigenvalue weighted by Gasteiger charge is -2.25. The second kappa shape index (κ2) is 16.8. The van der Waals surface area contributed by atoms with Gasteiger partial charge in [-0.2, -0.15) is 0 Å². The van der Waals surface area contributed by atoms with Gasteiger partial charge < -0.3 is 23.7 Å². The molecule has 14 heteroatoms. The molecule has 0 saturated heterocycles. The van der Waals surface area contributed by atoms with Crippen molar-refractivity contribution in [1.29, 1.82) is 0 Å². The van der Waals surface area contributed by atoms with Gasteiger partial charge in [-0.3, -0.25) is 19.5 Å². The van der Waals surface area contributed by atoms with E-state index in [-0.39, 0.29) is 49.0 Å². The van der Waals surface area contributed by atoms with E-state index in [1.54, 1.807) is 69.3 Å². The summed E-state index contributed by atoms with van der Waals surface area (Å²) in [5, 5.41) is 11.0. The molecule has 1 aliphatic rings. The molecule has 4 aromatic rings. The molecule has 13 nitrogen and oxygen atoms in total. The van der Waals surface area contributed by atoms with Gasteiger partial charge in [0.1, 0.15) is 12.4 Å². The summed E-state index contributed by atoms with van der Waals surface area (Å²) in [7, 11) is 1.26. The van der Waals surface area contributed by atoms with E-state index in [1.165, 1.54) is 35.1 Å². The van der Waals surface area contributed by atoms with Gasteiger partial charge in [0.25, 0.3) is 11.2 Å². The summed E-state index contributed by atoms with van der Waals surface area (Å²) in [6.45, 7) is 9.34. The fourth-order valence-electron chi connectivity index (χ4n) is 5.56. The van der Waals surface area contributed by atoms with Crippen molar-refractivity contribution in [3.8, 4) is 17.2 Å². The van der Waals surface area contributed by atoms with Crippen LogP contribution in [0.5, 0.6) is 17.2 Å². The van der Waals surface area contributed by atoms with Crippen LogP contribution in [-0.2, 0) is 32.1 Å². The molecule has 3 aromatic carbocycles. The first-order valence-electron chi connectivity index (χ1n) is 16.3. The maximum absolute atomic E-state index is 14.2. The topological polar surface area (TPSA) is 158 Å². The molecule has 52 heavy (non-hydrogen) atoms. The second-order valence-corrected chi connectivity index (χ2v) is 12.4. The van der Waals surface area contributed by atoms with Crippen LogP contribution >= 0.6 is 11.3 Å². The minimum Gasteiger partial charge on any atom is -0.490 e. The number of nitrogens with zero attached hydrogens (tertiary/aromatic N) is 3. The van der Waals surface area contributed by atoms with Gasteiger partial charge in [-0.1, -0.05) is 29.5 Å². The average molecular weight is 728 g/mol. The van der Waals surface area contributed by atoms with Crippen molar-refractivity contribution in [2.75, 3.05) is 26.9 Å². The molecule has 1 aliphatic heterocycles. The molecule has 0 amide bonds. The number of hydrogen-bond acceptors (Lipinski definition) is 12. The van der Waals surface area contributed by atoms with E-state index in [0.29, 0.717) is 38.5 Å². The largest absolute Gasteiger partial charge is 0.490 e. The predicted octanol–water partition coefficient (Wildman–Crippen LogP) is 4.96. The van der Waals surface area contributed by atoms with E-state index < -0.39 is 22.9 Å². The molecule has 0 unspecified atom stereocenters. The van der Waals surface area contributed by atoms with Crippen molar-refractivity contribution in [2.45, 2.75) is 39.8 Å². The number of rotatable bonds is 15. The fourth-order valence-corrected chi connectivity index (χ4v) is 6.60. The number of benzene rings is 3. The highest BCUT2D eigenvalue weighted by atomic mass is 32.1. The van der Waals surface area contributed by atoms with E-state index in [9.17, 15) is 24.5 Å². The molecule has 0 saturated carbocycles. The number of nitro groups is 1. The van der Waals surface area contributed by atoms with Crippen molar-refractivity contribution in [2.24, 2.45) is 4.99 Å². The number of allylic oxidation sites excluding steroid dienone is 2. The third-order valence-corrected chi connectivity index (χ3v) is 8.94. The molecule has 0 fully saturated rings. The molecule has 2 heterocycles. The summed E-state index contributed by atoms with van der Waals surface area (Å²) >= 11 is 1.19. The monoisotopic (exact) mass is 727 g/mol. The van der Waals surface area contributed by atoms with E-state index in [1.807, 2.05) is 12.1 Å². The molecule has 1 aromatic heterocycles. The number of carbonyl (C=O) groups excluding carboxylic acids is 2. The third kappa shape index (κ3) is 8.29. The summed E-state index contributed by atoms with van der Waals surface area (Å²) < 4.78 is 29.5. The Bertz CT molecular complexity index is 2220. The van der Waals surface area contributed by atoms with Gasteiger partial charge >= 0.3 is 11.9 Å². The molecule has 0 radical (unpaired) electrons. The van der Waals surface area contributed by atoms with Crippen LogP contribution in [0.2, 0.25) is 0 Å². The van der Waals surface area contributed by atoms with Crippen LogP contribution in [0.1, 0.15) is 49.1 Å². The highest BCUT2D eigenvalue weighted by Gasteiger charge is 2.34. The maximum atomic E-state index is 14.2. The Morgan fingerprint density at radius 3 is 2.42 bits per heavy atom. The van der Waals surface area contributed by atoms with Crippen LogP contribution in [-0.4, -0.2) is 48.4 Å². The van der Waals surface area contributed by atoms with Gasteiger partial charge in [0.05, 0.1) is 47.1 Å². The average Bonchev–Trinajstić information content (AvgIpc) is 3.43. The number of ether oxygens (including phenoxy) is 5. The zero-order valence-corrected chi connectivity index (χ0v) is 29.9. The first kappa shape index (κ1) is 37.2. The Labute approximate surface area is 302 Å². The fraction of sp³-hybridized carbons (Fsp3) is 0.263. The summed E-state index contributed by atoms with van der Waals surface area (Å²) in [4.78, 5) is 55.0. The molecular formula is C38H37N3O10S. The van der Waals surface area contributed by atoms with Gasteiger partial charge in [0, 0.05) is 12.1 Å². The smallest absolute Gasteiger partial charge is 0.343 e. The number of esters is 2. The van der Waals surface area contributed by atoms with Gasteiger partial charge in [0.15, 0.2) is 22.9 Å². The quantitative estimate of drug-likeness (QED) is 0.0709. The molecule has 0 aliphatic carbocycles. The van der Waals surface area contributed by atoms with Gasteiger partial charge in [0.2, 0.25) is 0 Å².